The van der Waals surface area contributed by atoms with Crippen molar-refractivity contribution in [3.8, 4) is 0 Å². The lowest BCUT2D eigenvalue weighted by Gasteiger charge is -2.33. The van der Waals surface area contributed by atoms with Crippen LogP contribution in [0.1, 0.15) is 51.0 Å². The molecule has 5 nitrogen and oxygen atoms in total. The molecule has 0 radical (unpaired) electrons. The van der Waals surface area contributed by atoms with Gasteiger partial charge in [0.1, 0.15) is 0 Å². The van der Waals surface area contributed by atoms with Gasteiger partial charge in [0.05, 0.1) is 11.0 Å². The van der Waals surface area contributed by atoms with Gasteiger partial charge < -0.3 is 9.88 Å². The van der Waals surface area contributed by atoms with Crippen molar-refractivity contribution >= 4 is 16.9 Å². The minimum absolute atomic E-state index is 0.0352. The predicted octanol–water partition coefficient (Wildman–Crippen LogP) is 3.07. The van der Waals surface area contributed by atoms with E-state index in [4.69, 9.17) is 0 Å². The minimum Gasteiger partial charge on any atom is -0.343 e. The Morgan fingerprint density at radius 2 is 1.79 bits per heavy atom. The number of aromatic nitrogens is 2. The molecular weight excluding hydrogens is 302 g/mol. The zero-order valence-electron chi connectivity index (χ0n) is 14.0. The van der Waals surface area contributed by atoms with Gasteiger partial charge in [-0.05, 0) is 43.7 Å². The molecule has 2 aliphatic rings. The number of H-pyrrole nitrogens is 1. The molecule has 1 aromatic carbocycles. The van der Waals surface area contributed by atoms with Crippen molar-refractivity contribution in [2.75, 3.05) is 13.1 Å². The number of rotatable bonds is 3. The Labute approximate surface area is 141 Å². The molecule has 5 heteroatoms. The first kappa shape index (κ1) is 15.5. The van der Waals surface area contributed by atoms with Gasteiger partial charge in [-0.15, -0.1) is 0 Å². The lowest BCUT2D eigenvalue weighted by atomic mass is 10.0. The highest BCUT2D eigenvalue weighted by atomic mass is 16.2. The molecule has 1 aliphatic heterocycles. The van der Waals surface area contributed by atoms with E-state index in [0.29, 0.717) is 11.8 Å². The number of fused-ring (bicyclic) bond motifs is 1. The predicted molar refractivity (Wildman–Crippen MR) is 94.0 cm³/mol. The summed E-state index contributed by atoms with van der Waals surface area (Å²) in [7, 11) is 0. The van der Waals surface area contributed by atoms with E-state index < -0.39 is 0 Å². The molecule has 2 heterocycles. The maximum absolute atomic E-state index is 12.5. The lowest BCUT2D eigenvalue weighted by molar-refractivity contribution is -0.133. The van der Waals surface area contributed by atoms with E-state index in [2.05, 4.69) is 4.98 Å². The number of piperidine rings is 1. The first-order valence-electron chi connectivity index (χ1n) is 9.19. The molecule has 0 bridgehead atoms. The molecule has 2 fully saturated rings. The maximum Gasteiger partial charge on any atom is 0.326 e. The number of imidazole rings is 1. The molecular formula is C19H25N3O2. The number of para-hydroxylation sites is 2. The fourth-order valence-corrected chi connectivity index (χ4v) is 4.40. The highest BCUT2D eigenvalue weighted by Crippen LogP contribution is 2.30. The van der Waals surface area contributed by atoms with Crippen LogP contribution in [0, 0.1) is 5.92 Å². The first-order chi connectivity index (χ1) is 11.7. The summed E-state index contributed by atoms with van der Waals surface area (Å²) in [5.74, 6) is 0.915. The number of carbonyl (C=O) groups is 1. The molecule has 4 rings (SSSR count). The smallest absolute Gasteiger partial charge is 0.326 e. The van der Waals surface area contributed by atoms with Crippen molar-refractivity contribution in [3.05, 3.63) is 34.7 Å². The highest BCUT2D eigenvalue weighted by Gasteiger charge is 2.27. The summed E-state index contributed by atoms with van der Waals surface area (Å²) in [4.78, 5) is 29.7. The largest absolute Gasteiger partial charge is 0.343 e. The monoisotopic (exact) mass is 327 g/mol. The van der Waals surface area contributed by atoms with Crippen LogP contribution >= 0.6 is 0 Å². The number of likely N-dealkylation sites (tertiary alicyclic amines) is 1. The molecule has 0 spiro atoms. The molecule has 1 aliphatic carbocycles. The van der Waals surface area contributed by atoms with Crippen LogP contribution in [0.5, 0.6) is 0 Å². The molecule has 0 atom stereocenters. The third kappa shape index (κ3) is 2.87. The SMILES string of the molecule is O=C(CC1CCCC1)N1CCC(n2c(=O)[nH]c3ccccc32)CC1. The van der Waals surface area contributed by atoms with E-state index in [1.54, 1.807) is 0 Å². The van der Waals surface area contributed by atoms with Crippen molar-refractivity contribution in [2.45, 2.75) is 51.0 Å². The molecule has 24 heavy (non-hydrogen) atoms. The van der Waals surface area contributed by atoms with Crippen LogP contribution in [0.15, 0.2) is 29.1 Å². The van der Waals surface area contributed by atoms with Crippen molar-refractivity contribution < 1.29 is 4.79 Å². The first-order valence-corrected chi connectivity index (χ1v) is 9.19. The number of aromatic amines is 1. The van der Waals surface area contributed by atoms with Gasteiger partial charge in [0.15, 0.2) is 0 Å². The quantitative estimate of drug-likeness (QED) is 0.942. The number of amides is 1. The van der Waals surface area contributed by atoms with Gasteiger partial charge in [0, 0.05) is 25.6 Å². The molecule has 1 N–H and O–H groups in total. The second-order valence-electron chi connectivity index (χ2n) is 7.28. The third-order valence-corrected chi connectivity index (χ3v) is 5.74. The molecule has 1 aromatic heterocycles. The molecule has 2 aromatic rings. The summed E-state index contributed by atoms with van der Waals surface area (Å²) in [6.45, 7) is 1.53. The van der Waals surface area contributed by atoms with E-state index in [1.807, 2.05) is 33.7 Å². The molecule has 128 valence electrons. The number of carbonyl (C=O) groups excluding carboxylic acids is 1. The zero-order chi connectivity index (χ0) is 16.5. The minimum atomic E-state index is -0.0352. The second kappa shape index (κ2) is 6.46. The normalized spacial score (nSPS) is 20.1. The van der Waals surface area contributed by atoms with Crippen LogP contribution < -0.4 is 5.69 Å². The molecule has 0 unspecified atom stereocenters. The van der Waals surface area contributed by atoms with E-state index in [0.717, 1.165) is 43.4 Å². The molecule has 1 amide bonds. The Kier molecular flexibility index (Phi) is 4.17. The summed E-state index contributed by atoms with van der Waals surface area (Å²) >= 11 is 0. The van der Waals surface area contributed by atoms with Crippen molar-refractivity contribution in [3.63, 3.8) is 0 Å². The van der Waals surface area contributed by atoms with Gasteiger partial charge in [0.2, 0.25) is 5.91 Å². The number of hydrogen-bond donors (Lipinski definition) is 1. The van der Waals surface area contributed by atoms with Crippen LogP contribution in [-0.4, -0.2) is 33.4 Å². The van der Waals surface area contributed by atoms with Crippen molar-refractivity contribution in [1.82, 2.24) is 14.5 Å². The summed E-state index contributed by atoms with van der Waals surface area (Å²) in [5, 5.41) is 0. The van der Waals surface area contributed by atoms with Gasteiger partial charge in [-0.25, -0.2) is 4.79 Å². The van der Waals surface area contributed by atoms with E-state index in [9.17, 15) is 9.59 Å². The lowest BCUT2D eigenvalue weighted by Crippen LogP contribution is -2.41. The van der Waals surface area contributed by atoms with Gasteiger partial charge in [-0.2, -0.15) is 0 Å². The number of nitrogens with one attached hydrogen (secondary N) is 1. The molecule has 1 saturated heterocycles. The Morgan fingerprint density at radius 3 is 2.54 bits per heavy atom. The number of nitrogens with zero attached hydrogens (tertiary/aromatic N) is 2. The fraction of sp³-hybridized carbons (Fsp3) is 0.579. The standard InChI is InChI=1S/C19H25N3O2/c23-18(13-14-5-1-2-6-14)21-11-9-15(10-12-21)22-17-8-4-3-7-16(17)20-19(22)24/h3-4,7-8,14-15H,1-2,5-6,9-13H2,(H,20,24). The van der Waals surface area contributed by atoms with Crippen LogP contribution in [0.4, 0.5) is 0 Å². The van der Waals surface area contributed by atoms with Crippen LogP contribution in [0.3, 0.4) is 0 Å². The van der Waals surface area contributed by atoms with Gasteiger partial charge in [-0.3, -0.25) is 9.36 Å². The summed E-state index contributed by atoms with van der Waals surface area (Å²) < 4.78 is 1.88. The van der Waals surface area contributed by atoms with Gasteiger partial charge >= 0.3 is 5.69 Å². The van der Waals surface area contributed by atoms with Crippen LogP contribution in [-0.2, 0) is 4.79 Å². The summed E-state index contributed by atoms with van der Waals surface area (Å²) in [6.07, 6.45) is 7.43. The fourth-order valence-electron chi connectivity index (χ4n) is 4.40. The van der Waals surface area contributed by atoms with Gasteiger partial charge in [0.25, 0.3) is 0 Å². The third-order valence-electron chi connectivity index (χ3n) is 5.74. The summed E-state index contributed by atoms with van der Waals surface area (Å²) in [5.41, 5.74) is 1.83. The van der Waals surface area contributed by atoms with Gasteiger partial charge in [-0.1, -0.05) is 25.0 Å². The zero-order valence-corrected chi connectivity index (χ0v) is 14.0. The Hall–Kier alpha value is -2.04. The molecule has 1 saturated carbocycles. The van der Waals surface area contributed by atoms with E-state index >= 15 is 0 Å². The number of benzene rings is 1. The second-order valence-corrected chi connectivity index (χ2v) is 7.28. The summed E-state index contributed by atoms with van der Waals surface area (Å²) in [6, 6.07) is 8.02. The topological polar surface area (TPSA) is 58.1 Å². The highest BCUT2D eigenvalue weighted by molar-refractivity contribution is 5.77. The van der Waals surface area contributed by atoms with E-state index in [1.165, 1.54) is 25.7 Å². The Balaban J connectivity index is 1.43. The average molecular weight is 327 g/mol. The van der Waals surface area contributed by atoms with Crippen molar-refractivity contribution in [1.29, 1.82) is 0 Å². The van der Waals surface area contributed by atoms with Crippen LogP contribution in [0.25, 0.3) is 11.0 Å². The number of hydrogen-bond acceptors (Lipinski definition) is 2. The van der Waals surface area contributed by atoms with E-state index in [-0.39, 0.29) is 11.7 Å². The Bertz CT molecular complexity index is 777. The van der Waals surface area contributed by atoms with Crippen LogP contribution in [0.2, 0.25) is 0 Å². The average Bonchev–Trinajstić information content (AvgIpc) is 3.21. The maximum atomic E-state index is 12.5. The Morgan fingerprint density at radius 1 is 1.08 bits per heavy atom. The van der Waals surface area contributed by atoms with Crippen molar-refractivity contribution in [2.24, 2.45) is 5.92 Å².